The summed E-state index contributed by atoms with van der Waals surface area (Å²) in [6.45, 7) is 5.52. The van der Waals surface area contributed by atoms with Crippen molar-refractivity contribution < 1.29 is 18.3 Å². The number of halogens is 2. The van der Waals surface area contributed by atoms with Crippen molar-refractivity contribution in [3.05, 3.63) is 64.2 Å². The number of carbonyl (C=O) groups excluding carboxylic acids is 1. The molecule has 20 heavy (non-hydrogen) atoms. The maximum absolute atomic E-state index is 13.5. The zero-order valence-electron chi connectivity index (χ0n) is 11.5. The van der Waals surface area contributed by atoms with Crippen LogP contribution < -0.4 is 4.74 Å². The van der Waals surface area contributed by atoms with E-state index >= 15 is 0 Å². The van der Waals surface area contributed by atoms with E-state index in [1.54, 1.807) is 13.8 Å². The molecule has 0 unspecified atom stereocenters. The van der Waals surface area contributed by atoms with Gasteiger partial charge in [0.2, 0.25) is 0 Å². The van der Waals surface area contributed by atoms with Crippen LogP contribution in [0, 0.1) is 32.4 Å². The van der Waals surface area contributed by atoms with Gasteiger partial charge < -0.3 is 4.74 Å². The number of hydrogen-bond acceptors (Lipinski definition) is 2. The standard InChI is InChI=1S/C16H14F2O2/c1-9-7-10(2)15(11(3)8-9)20-16(19)12-5-4-6-13(17)14(12)18/h4-8H,1-3H3. The summed E-state index contributed by atoms with van der Waals surface area (Å²) in [6.07, 6.45) is 0. The van der Waals surface area contributed by atoms with Gasteiger partial charge in [-0.25, -0.2) is 13.6 Å². The molecule has 0 fully saturated rings. The van der Waals surface area contributed by atoms with Crippen LogP contribution in [0.1, 0.15) is 27.0 Å². The second kappa shape index (κ2) is 5.41. The van der Waals surface area contributed by atoms with Gasteiger partial charge in [-0.1, -0.05) is 23.8 Å². The number of hydrogen-bond donors (Lipinski definition) is 0. The summed E-state index contributed by atoms with van der Waals surface area (Å²) < 4.78 is 31.9. The van der Waals surface area contributed by atoms with Gasteiger partial charge in [-0.15, -0.1) is 0 Å². The average Bonchev–Trinajstić information content (AvgIpc) is 2.36. The molecule has 2 aromatic rings. The molecule has 0 saturated carbocycles. The normalized spacial score (nSPS) is 10.4. The van der Waals surface area contributed by atoms with Crippen molar-refractivity contribution in [1.82, 2.24) is 0 Å². The lowest BCUT2D eigenvalue weighted by Crippen LogP contribution is -2.13. The number of benzene rings is 2. The van der Waals surface area contributed by atoms with Gasteiger partial charge in [-0.2, -0.15) is 0 Å². The Kier molecular flexibility index (Phi) is 3.84. The fourth-order valence-electron chi connectivity index (χ4n) is 2.14. The molecule has 2 nitrogen and oxygen atoms in total. The molecule has 0 heterocycles. The fraction of sp³-hybridized carbons (Fsp3) is 0.188. The van der Waals surface area contributed by atoms with E-state index in [2.05, 4.69) is 0 Å². The third kappa shape index (κ3) is 2.69. The lowest BCUT2D eigenvalue weighted by Gasteiger charge is -2.12. The lowest BCUT2D eigenvalue weighted by atomic mass is 10.1. The second-order valence-corrected chi connectivity index (χ2v) is 4.72. The van der Waals surface area contributed by atoms with Gasteiger partial charge in [0.15, 0.2) is 11.6 Å². The predicted octanol–water partition coefficient (Wildman–Crippen LogP) is 4.11. The van der Waals surface area contributed by atoms with Crippen molar-refractivity contribution in [1.29, 1.82) is 0 Å². The molecule has 2 aromatic carbocycles. The van der Waals surface area contributed by atoms with Gasteiger partial charge in [-0.3, -0.25) is 0 Å². The molecule has 0 aliphatic carbocycles. The molecule has 0 N–H and O–H groups in total. The Morgan fingerprint density at radius 3 is 2.25 bits per heavy atom. The van der Waals surface area contributed by atoms with Crippen molar-refractivity contribution in [3.8, 4) is 5.75 Å². The van der Waals surface area contributed by atoms with Crippen molar-refractivity contribution >= 4 is 5.97 Å². The van der Waals surface area contributed by atoms with Crippen LogP contribution in [0.2, 0.25) is 0 Å². The van der Waals surface area contributed by atoms with E-state index in [1.165, 1.54) is 12.1 Å². The van der Waals surface area contributed by atoms with Gasteiger partial charge in [0.05, 0.1) is 5.56 Å². The molecule has 0 aliphatic heterocycles. The minimum atomic E-state index is -1.19. The fourth-order valence-corrected chi connectivity index (χ4v) is 2.14. The van der Waals surface area contributed by atoms with E-state index < -0.39 is 23.2 Å². The predicted molar refractivity (Wildman–Crippen MR) is 72.0 cm³/mol. The number of esters is 1. The Balaban J connectivity index is 2.36. The highest BCUT2D eigenvalue weighted by molar-refractivity contribution is 5.91. The SMILES string of the molecule is Cc1cc(C)c(OC(=O)c2cccc(F)c2F)c(C)c1. The first kappa shape index (κ1) is 14.2. The number of ether oxygens (including phenoxy) is 1. The van der Waals surface area contributed by atoms with Gasteiger partial charge >= 0.3 is 5.97 Å². The van der Waals surface area contributed by atoms with Crippen molar-refractivity contribution in [3.63, 3.8) is 0 Å². The highest BCUT2D eigenvalue weighted by Gasteiger charge is 2.18. The summed E-state index contributed by atoms with van der Waals surface area (Å²) in [7, 11) is 0. The van der Waals surface area contributed by atoms with Crippen LogP contribution in [0.4, 0.5) is 8.78 Å². The first-order chi connectivity index (χ1) is 9.40. The summed E-state index contributed by atoms with van der Waals surface area (Å²) >= 11 is 0. The summed E-state index contributed by atoms with van der Waals surface area (Å²) in [6, 6.07) is 7.13. The van der Waals surface area contributed by atoms with Crippen LogP contribution in [0.25, 0.3) is 0 Å². The highest BCUT2D eigenvalue weighted by atomic mass is 19.2. The molecule has 0 spiro atoms. The van der Waals surface area contributed by atoms with Crippen LogP contribution in [0.5, 0.6) is 5.75 Å². The molecule has 0 aliphatic rings. The molecular formula is C16H14F2O2. The molecule has 0 amide bonds. The second-order valence-electron chi connectivity index (χ2n) is 4.72. The molecule has 0 radical (unpaired) electrons. The minimum absolute atomic E-state index is 0.379. The lowest BCUT2D eigenvalue weighted by molar-refractivity contribution is 0.0726. The Bertz CT molecular complexity index is 655. The number of rotatable bonds is 2. The Morgan fingerprint density at radius 2 is 1.65 bits per heavy atom. The van der Waals surface area contributed by atoms with Crippen molar-refractivity contribution in [2.75, 3.05) is 0 Å². The summed E-state index contributed by atoms with van der Waals surface area (Å²) in [4.78, 5) is 11.9. The molecule has 104 valence electrons. The average molecular weight is 276 g/mol. The molecule has 2 rings (SSSR count). The smallest absolute Gasteiger partial charge is 0.346 e. The highest BCUT2D eigenvalue weighted by Crippen LogP contribution is 2.26. The van der Waals surface area contributed by atoms with E-state index in [9.17, 15) is 13.6 Å². The van der Waals surface area contributed by atoms with E-state index in [1.807, 2.05) is 19.1 Å². The first-order valence-electron chi connectivity index (χ1n) is 6.14. The summed E-state index contributed by atoms with van der Waals surface area (Å²) in [5.41, 5.74) is 2.17. The zero-order chi connectivity index (χ0) is 14.9. The van der Waals surface area contributed by atoms with E-state index in [4.69, 9.17) is 4.74 Å². The molecule has 4 heteroatoms. The maximum atomic E-state index is 13.5. The third-order valence-corrected chi connectivity index (χ3v) is 2.97. The first-order valence-corrected chi connectivity index (χ1v) is 6.14. The molecular weight excluding hydrogens is 262 g/mol. The maximum Gasteiger partial charge on any atom is 0.346 e. The van der Waals surface area contributed by atoms with Gasteiger partial charge in [0.25, 0.3) is 0 Å². The quantitative estimate of drug-likeness (QED) is 0.609. The molecule has 0 saturated heterocycles. The molecule has 0 aromatic heterocycles. The minimum Gasteiger partial charge on any atom is -0.422 e. The number of aryl methyl sites for hydroxylation is 3. The molecule has 0 bridgehead atoms. The third-order valence-electron chi connectivity index (χ3n) is 2.97. The van der Waals surface area contributed by atoms with Crippen LogP contribution in [-0.2, 0) is 0 Å². The Labute approximate surface area is 116 Å². The Hall–Kier alpha value is -2.23. The topological polar surface area (TPSA) is 26.3 Å². The van der Waals surface area contributed by atoms with Crippen LogP contribution in [0.15, 0.2) is 30.3 Å². The van der Waals surface area contributed by atoms with Crippen molar-refractivity contribution in [2.24, 2.45) is 0 Å². The molecule has 0 atom stereocenters. The van der Waals surface area contributed by atoms with Crippen LogP contribution >= 0.6 is 0 Å². The monoisotopic (exact) mass is 276 g/mol. The largest absolute Gasteiger partial charge is 0.422 e. The van der Waals surface area contributed by atoms with Gasteiger partial charge in [0, 0.05) is 0 Å². The van der Waals surface area contributed by atoms with Crippen molar-refractivity contribution in [2.45, 2.75) is 20.8 Å². The van der Waals surface area contributed by atoms with E-state index in [0.29, 0.717) is 5.75 Å². The van der Waals surface area contributed by atoms with E-state index in [-0.39, 0.29) is 0 Å². The Morgan fingerprint density at radius 1 is 1.05 bits per heavy atom. The number of carbonyl (C=O) groups is 1. The van der Waals surface area contributed by atoms with Gasteiger partial charge in [-0.05, 0) is 44.0 Å². The van der Waals surface area contributed by atoms with Crippen LogP contribution in [-0.4, -0.2) is 5.97 Å². The summed E-state index contributed by atoms with van der Waals surface area (Å²) in [5, 5.41) is 0. The summed E-state index contributed by atoms with van der Waals surface area (Å²) in [5.74, 6) is -2.79. The van der Waals surface area contributed by atoms with Gasteiger partial charge in [0.1, 0.15) is 5.75 Å². The van der Waals surface area contributed by atoms with Crippen LogP contribution in [0.3, 0.4) is 0 Å². The zero-order valence-corrected chi connectivity index (χ0v) is 11.5. The van der Waals surface area contributed by atoms with E-state index in [0.717, 1.165) is 22.8 Å².